The normalized spacial score (nSPS) is 16.2. The lowest BCUT2D eigenvalue weighted by Gasteiger charge is -2.16. The van der Waals surface area contributed by atoms with E-state index in [1.165, 1.54) is 16.9 Å². The highest BCUT2D eigenvalue weighted by atomic mass is 32.1. The molecule has 1 atom stereocenters. The minimum absolute atomic E-state index is 0.0347. The van der Waals surface area contributed by atoms with Crippen molar-refractivity contribution in [1.29, 1.82) is 0 Å². The van der Waals surface area contributed by atoms with Crippen molar-refractivity contribution in [2.75, 3.05) is 20.8 Å². The zero-order valence-corrected chi connectivity index (χ0v) is 15.9. The van der Waals surface area contributed by atoms with Crippen LogP contribution in [-0.2, 0) is 19.3 Å². The quantitative estimate of drug-likeness (QED) is 0.852. The van der Waals surface area contributed by atoms with E-state index in [2.05, 4.69) is 18.3 Å². The number of fused-ring (bicyclic) bond motifs is 1. The molecule has 1 aliphatic rings. The van der Waals surface area contributed by atoms with Gasteiger partial charge < -0.3 is 14.8 Å². The summed E-state index contributed by atoms with van der Waals surface area (Å²) in [7, 11) is 3.25. The third-order valence-corrected chi connectivity index (χ3v) is 5.94. The Hall–Kier alpha value is -2.01. The molecule has 0 radical (unpaired) electrons. The van der Waals surface area contributed by atoms with Crippen LogP contribution in [0.3, 0.4) is 0 Å². The second-order valence-electron chi connectivity index (χ2n) is 6.60. The Balaban J connectivity index is 1.56. The molecule has 0 spiro atoms. The van der Waals surface area contributed by atoms with Gasteiger partial charge in [-0.2, -0.15) is 0 Å². The van der Waals surface area contributed by atoms with E-state index in [-0.39, 0.29) is 5.91 Å². The predicted molar refractivity (Wildman–Crippen MR) is 101 cm³/mol. The first-order chi connectivity index (χ1) is 12.1. The molecule has 1 heterocycles. The molecule has 0 aliphatic heterocycles. The van der Waals surface area contributed by atoms with Crippen LogP contribution in [0.5, 0.6) is 11.5 Å². The molecule has 1 aliphatic carbocycles. The van der Waals surface area contributed by atoms with Crippen molar-refractivity contribution in [2.45, 2.75) is 32.6 Å². The second-order valence-corrected chi connectivity index (χ2v) is 7.74. The van der Waals surface area contributed by atoms with Crippen molar-refractivity contribution in [1.82, 2.24) is 5.32 Å². The molecule has 0 bridgehead atoms. The molecule has 1 aromatic carbocycles. The summed E-state index contributed by atoms with van der Waals surface area (Å²) in [6.45, 7) is 2.89. The van der Waals surface area contributed by atoms with Crippen LogP contribution < -0.4 is 14.8 Å². The van der Waals surface area contributed by atoms with Gasteiger partial charge in [-0.1, -0.05) is 13.0 Å². The van der Waals surface area contributed by atoms with Gasteiger partial charge in [0, 0.05) is 11.4 Å². The van der Waals surface area contributed by atoms with E-state index >= 15 is 0 Å². The van der Waals surface area contributed by atoms with Gasteiger partial charge in [-0.3, -0.25) is 4.79 Å². The van der Waals surface area contributed by atoms with Crippen molar-refractivity contribution in [3.8, 4) is 11.5 Å². The van der Waals surface area contributed by atoms with Crippen LogP contribution in [-0.4, -0.2) is 26.7 Å². The summed E-state index contributed by atoms with van der Waals surface area (Å²) in [6.07, 6.45) is 4.20. The van der Waals surface area contributed by atoms with Crippen LogP contribution in [0.1, 0.15) is 39.0 Å². The largest absolute Gasteiger partial charge is 0.493 e. The highest BCUT2D eigenvalue weighted by Gasteiger charge is 2.20. The Morgan fingerprint density at radius 2 is 2.04 bits per heavy atom. The molecule has 4 nitrogen and oxygen atoms in total. The molecule has 1 amide bonds. The van der Waals surface area contributed by atoms with Crippen molar-refractivity contribution < 1.29 is 14.3 Å². The zero-order valence-electron chi connectivity index (χ0n) is 15.1. The summed E-state index contributed by atoms with van der Waals surface area (Å²) in [6, 6.07) is 7.93. The number of aryl methyl sites for hydroxylation is 1. The zero-order chi connectivity index (χ0) is 17.8. The molecule has 3 rings (SSSR count). The second kappa shape index (κ2) is 7.91. The molecule has 25 heavy (non-hydrogen) atoms. The molecular formula is C20H25NO3S. The Morgan fingerprint density at radius 3 is 2.80 bits per heavy atom. The fraction of sp³-hybridized carbons (Fsp3) is 0.450. The number of amides is 1. The number of nitrogens with one attached hydrogen (secondary N) is 1. The Labute approximate surface area is 153 Å². The van der Waals surface area contributed by atoms with Crippen LogP contribution in [0, 0.1) is 5.92 Å². The number of hydrogen-bond donors (Lipinski definition) is 1. The predicted octanol–water partition coefficient (Wildman–Crippen LogP) is 3.86. The average molecular weight is 359 g/mol. The standard InChI is InChI=1S/C20H25NO3S/c1-13-4-7-18-15(10-13)12-19(25-18)20(22)21-9-8-14-5-6-16(23-2)17(11-14)24-3/h5-6,11-13H,4,7-10H2,1-3H3,(H,21,22). The van der Waals surface area contributed by atoms with E-state index < -0.39 is 0 Å². The van der Waals surface area contributed by atoms with Gasteiger partial charge in [0.05, 0.1) is 19.1 Å². The van der Waals surface area contributed by atoms with Gasteiger partial charge in [-0.15, -0.1) is 11.3 Å². The van der Waals surface area contributed by atoms with Crippen molar-refractivity contribution in [3.05, 3.63) is 45.1 Å². The van der Waals surface area contributed by atoms with Gasteiger partial charge in [0.15, 0.2) is 11.5 Å². The Bertz CT molecular complexity index is 753. The first-order valence-electron chi connectivity index (χ1n) is 8.71. The van der Waals surface area contributed by atoms with E-state index in [0.717, 1.165) is 35.6 Å². The van der Waals surface area contributed by atoms with Gasteiger partial charge in [0.1, 0.15) is 0 Å². The molecule has 1 unspecified atom stereocenters. The minimum Gasteiger partial charge on any atom is -0.493 e. The van der Waals surface area contributed by atoms with Gasteiger partial charge in [0.2, 0.25) is 0 Å². The molecule has 0 saturated heterocycles. The Kier molecular flexibility index (Phi) is 5.63. The molecule has 1 aromatic heterocycles. The number of carbonyl (C=O) groups is 1. The summed E-state index contributed by atoms with van der Waals surface area (Å²) in [5, 5.41) is 3.03. The fourth-order valence-electron chi connectivity index (χ4n) is 3.26. The monoisotopic (exact) mass is 359 g/mol. The third kappa shape index (κ3) is 4.15. The number of ether oxygens (including phenoxy) is 2. The van der Waals surface area contributed by atoms with Gasteiger partial charge in [-0.05, 0) is 60.9 Å². The SMILES string of the molecule is COc1ccc(CCNC(=O)c2cc3c(s2)CCC(C)C3)cc1OC. The van der Waals surface area contributed by atoms with Gasteiger partial charge >= 0.3 is 0 Å². The van der Waals surface area contributed by atoms with Crippen LogP contribution >= 0.6 is 11.3 Å². The van der Waals surface area contributed by atoms with Gasteiger partial charge in [-0.25, -0.2) is 0 Å². The van der Waals surface area contributed by atoms with Crippen LogP contribution in [0.2, 0.25) is 0 Å². The lowest BCUT2D eigenvalue weighted by atomic mass is 9.90. The molecular weight excluding hydrogens is 334 g/mol. The van der Waals surface area contributed by atoms with Crippen LogP contribution in [0.15, 0.2) is 24.3 Å². The number of carbonyl (C=O) groups excluding carboxylic acids is 1. The number of hydrogen-bond acceptors (Lipinski definition) is 4. The van der Waals surface area contributed by atoms with E-state index in [0.29, 0.717) is 18.0 Å². The number of methoxy groups -OCH3 is 2. The maximum Gasteiger partial charge on any atom is 0.261 e. The smallest absolute Gasteiger partial charge is 0.261 e. The van der Waals surface area contributed by atoms with Gasteiger partial charge in [0.25, 0.3) is 5.91 Å². The molecule has 0 fully saturated rings. The van der Waals surface area contributed by atoms with E-state index in [1.807, 2.05) is 18.2 Å². The number of benzene rings is 1. The summed E-state index contributed by atoms with van der Waals surface area (Å²) < 4.78 is 10.6. The lowest BCUT2D eigenvalue weighted by molar-refractivity contribution is 0.0958. The van der Waals surface area contributed by atoms with E-state index in [4.69, 9.17) is 9.47 Å². The number of thiophene rings is 1. The summed E-state index contributed by atoms with van der Waals surface area (Å²) in [4.78, 5) is 14.6. The molecule has 5 heteroatoms. The van der Waals surface area contributed by atoms with Crippen molar-refractivity contribution in [3.63, 3.8) is 0 Å². The maximum absolute atomic E-state index is 12.4. The Morgan fingerprint density at radius 1 is 1.24 bits per heavy atom. The highest BCUT2D eigenvalue weighted by molar-refractivity contribution is 7.14. The summed E-state index contributed by atoms with van der Waals surface area (Å²) >= 11 is 1.65. The maximum atomic E-state index is 12.4. The van der Waals surface area contributed by atoms with E-state index in [9.17, 15) is 4.79 Å². The van der Waals surface area contributed by atoms with Crippen molar-refractivity contribution in [2.24, 2.45) is 5.92 Å². The average Bonchev–Trinajstić information content (AvgIpc) is 3.04. The third-order valence-electron chi connectivity index (χ3n) is 4.70. The molecule has 2 aromatic rings. The first-order valence-corrected chi connectivity index (χ1v) is 9.53. The minimum atomic E-state index is 0.0347. The van der Waals surface area contributed by atoms with Crippen LogP contribution in [0.4, 0.5) is 0 Å². The summed E-state index contributed by atoms with van der Waals surface area (Å²) in [5.41, 5.74) is 2.48. The molecule has 134 valence electrons. The summed E-state index contributed by atoms with van der Waals surface area (Å²) in [5.74, 6) is 2.19. The highest BCUT2D eigenvalue weighted by Crippen LogP contribution is 2.32. The first kappa shape index (κ1) is 17.8. The number of rotatable bonds is 6. The molecule has 0 saturated carbocycles. The van der Waals surface area contributed by atoms with E-state index in [1.54, 1.807) is 25.6 Å². The molecule has 1 N–H and O–H groups in total. The topological polar surface area (TPSA) is 47.6 Å². The van der Waals surface area contributed by atoms with Crippen LogP contribution in [0.25, 0.3) is 0 Å². The fourth-order valence-corrected chi connectivity index (χ4v) is 4.39. The van der Waals surface area contributed by atoms with Crippen molar-refractivity contribution >= 4 is 17.2 Å². The lowest BCUT2D eigenvalue weighted by Crippen LogP contribution is -2.24.